The summed E-state index contributed by atoms with van der Waals surface area (Å²) in [4.78, 5) is 44.8. The maximum Gasteiger partial charge on any atom is 0.250 e. The smallest absolute Gasteiger partial charge is 0.250 e. The fraction of sp³-hybridized carbons (Fsp3) is 0.375. The Morgan fingerprint density at radius 1 is 1.06 bits per heavy atom. The van der Waals surface area contributed by atoms with E-state index in [2.05, 4.69) is 26.1 Å². The maximum atomic E-state index is 14.0. The lowest BCUT2D eigenvalue weighted by Crippen LogP contribution is -2.54. The molecule has 6 nitrogen and oxygen atoms in total. The lowest BCUT2D eigenvalue weighted by atomic mass is 9.75. The van der Waals surface area contributed by atoms with Crippen molar-refractivity contribution in [1.29, 1.82) is 0 Å². The Balaban J connectivity index is 1.57. The molecule has 4 heterocycles. The Kier molecular flexibility index (Phi) is 3.88. The third-order valence-electron chi connectivity index (χ3n) is 7.55. The first-order valence-electron chi connectivity index (χ1n) is 10.7. The molecule has 3 amide bonds. The second kappa shape index (κ2) is 6.26. The van der Waals surface area contributed by atoms with E-state index in [0.29, 0.717) is 12.2 Å². The number of aryl methyl sites for hydroxylation is 2. The van der Waals surface area contributed by atoms with E-state index in [1.54, 1.807) is 0 Å². The molecule has 1 spiro atoms. The van der Waals surface area contributed by atoms with Gasteiger partial charge in [0.15, 0.2) is 0 Å². The summed E-state index contributed by atoms with van der Waals surface area (Å²) in [5, 5.41) is 3.01. The van der Waals surface area contributed by atoms with Crippen LogP contribution in [0.25, 0.3) is 0 Å². The van der Waals surface area contributed by atoms with Gasteiger partial charge < -0.3 is 5.32 Å². The number of hydrogen-bond donors (Lipinski definition) is 1. The second-order valence-corrected chi connectivity index (χ2v) is 10.0. The number of nitrogens with zero attached hydrogens (tertiary/aromatic N) is 2. The Labute approximate surface area is 188 Å². The SMILES string of the molecule is Cc1ccc(N2C(=O)[C@H]3[C@@H](C2=O)[C@]2(C(=O)Nc4ccc(Br)cc42)N2CCC[C@@H]32)c(C)c1. The number of anilines is 2. The summed E-state index contributed by atoms with van der Waals surface area (Å²) < 4.78 is 0.851. The minimum absolute atomic E-state index is 0.104. The van der Waals surface area contributed by atoms with Crippen molar-refractivity contribution in [3.05, 3.63) is 57.6 Å². The molecule has 3 saturated heterocycles. The van der Waals surface area contributed by atoms with Crippen LogP contribution in [0.2, 0.25) is 0 Å². The van der Waals surface area contributed by atoms with Crippen LogP contribution >= 0.6 is 15.9 Å². The van der Waals surface area contributed by atoms with Crippen LogP contribution in [0, 0.1) is 25.7 Å². The van der Waals surface area contributed by atoms with Gasteiger partial charge in [-0.05, 0) is 63.1 Å². The van der Waals surface area contributed by atoms with Gasteiger partial charge in [-0.2, -0.15) is 0 Å². The van der Waals surface area contributed by atoms with Crippen LogP contribution in [0.5, 0.6) is 0 Å². The quantitative estimate of drug-likeness (QED) is 0.635. The van der Waals surface area contributed by atoms with Crippen LogP contribution in [0.4, 0.5) is 11.4 Å². The fourth-order valence-corrected chi connectivity index (χ4v) is 6.83. The van der Waals surface area contributed by atoms with Crippen molar-refractivity contribution in [2.24, 2.45) is 11.8 Å². The van der Waals surface area contributed by atoms with E-state index in [-0.39, 0.29) is 23.8 Å². The highest BCUT2D eigenvalue weighted by Crippen LogP contribution is 2.61. The van der Waals surface area contributed by atoms with E-state index in [9.17, 15) is 14.4 Å². The Bertz CT molecular complexity index is 1190. The van der Waals surface area contributed by atoms with E-state index in [1.807, 2.05) is 50.2 Å². The van der Waals surface area contributed by atoms with Gasteiger partial charge in [-0.25, -0.2) is 4.90 Å². The number of nitrogens with one attached hydrogen (secondary N) is 1. The van der Waals surface area contributed by atoms with Gasteiger partial charge in [-0.15, -0.1) is 0 Å². The molecule has 4 aliphatic heterocycles. The largest absolute Gasteiger partial charge is 0.324 e. The van der Waals surface area contributed by atoms with Crippen LogP contribution in [0.1, 0.15) is 29.5 Å². The zero-order chi connectivity index (χ0) is 21.7. The predicted molar refractivity (Wildman–Crippen MR) is 120 cm³/mol. The molecule has 4 aliphatic rings. The molecule has 4 atom stereocenters. The molecule has 6 rings (SSSR count). The lowest BCUT2D eigenvalue weighted by Gasteiger charge is -2.36. The van der Waals surface area contributed by atoms with E-state index in [1.165, 1.54) is 4.90 Å². The average molecular weight is 480 g/mol. The van der Waals surface area contributed by atoms with Gasteiger partial charge in [0.25, 0.3) is 0 Å². The monoisotopic (exact) mass is 479 g/mol. The highest BCUT2D eigenvalue weighted by Gasteiger charge is 2.74. The molecule has 31 heavy (non-hydrogen) atoms. The molecule has 0 aliphatic carbocycles. The van der Waals surface area contributed by atoms with Crippen LogP contribution in [0.3, 0.4) is 0 Å². The van der Waals surface area contributed by atoms with Crippen molar-refractivity contribution in [3.63, 3.8) is 0 Å². The van der Waals surface area contributed by atoms with Gasteiger partial charge in [-0.1, -0.05) is 33.6 Å². The van der Waals surface area contributed by atoms with Crippen LogP contribution in [-0.4, -0.2) is 35.2 Å². The minimum Gasteiger partial charge on any atom is -0.324 e. The normalized spacial score (nSPS) is 31.4. The van der Waals surface area contributed by atoms with Crippen molar-refractivity contribution in [3.8, 4) is 0 Å². The third kappa shape index (κ3) is 2.23. The second-order valence-electron chi connectivity index (χ2n) is 9.12. The number of rotatable bonds is 1. The summed E-state index contributed by atoms with van der Waals surface area (Å²) in [7, 11) is 0. The van der Waals surface area contributed by atoms with E-state index >= 15 is 0 Å². The van der Waals surface area contributed by atoms with Gasteiger partial charge in [0, 0.05) is 21.8 Å². The van der Waals surface area contributed by atoms with Gasteiger partial charge >= 0.3 is 0 Å². The van der Waals surface area contributed by atoms with Gasteiger partial charge in [0.05, 0.1) is 17.5 Å². The molecule has 3 fully saturated rings. The first kappa shape index (κ1) is 19.2. The molecular formula is C24H22BrN3O3. The number of halogens is 1. The summed E-state index contributed by atoms with van der Waals surface area (Å²) in [5.41, 5.74) is 2.98. The zero-order valence-electron chi connectivity index (χ0n) is 17.3. The number of carbonyl (C=O) groups is 3. The molecule has 0 radical (unpaired) electrons. The number of hydrogen-bond acceptors (Lipinski definition) is 4. The minimum atomic E-state index is -1.13. The molecule has 0 aromatic heterocycles. The molecule has 0 unspecified atom stereocenters. The zero-order valence-corrected chi connectivity index (χ0v) is 18.9. The first-order chi connectivity index (χ1) is 14.9. The number of imide groups is 1. The summed E-state index contributed by atoms with van der Waals surface area (Å²) in [6.07, 6.45) is 1.73. The highest BCUT2D eigenvalue weighted by molar-refractivity contribution is 9.10. The van der Waals surface area contributed by atoms with Crippen molar-refractivity contribution in [1.82, 2.24) is 4.90 Å². The fourth-order valence-electron chi connectivity index (χ4n) is 6.47. The Hall–Kier alpha value is -2.51. The first-order valence-corrected chi connectivity index (χ1v) is 11.5. The molecule has 2 aromatic carbocycles. The van der Waals surface area contributed by atoms with Gasteiger partial charge in [0.2, 0.25) is 17.7 Å². The summed E-state index contributed by atoms with van der Waals surface area (Å²) in [5.74, 6) is -1.86. The molecule has 1 N–H and O–H groups in total. The van der Waals surface area contributed by atoms with Crippen LogP contribution in [0.15, 0.2) is 40.9 Å². The van der Waals surface area contributed by atoms with Crippen molar-refractivity contribution in [2.75, 3.05) is 16.8 Å². The molecule has 7 heteroatoms. The third-order valence-corrected chi connectivity index (χ3v) is 8.04. The molecule has 0 bridgehead atoms. The average Bonchev–Trinajstić information content (AvgIpc) is 3.42. The molecule has 158 valence electrons. The lowest BCUT2D eigenvalue weighted by molar-refractivity contribution is -0.135. The Morgan fingerprint density at radius 2 is 1.87 bits per heavy atom. The van der Waals surface area contributed by atoms with Crippen molar-refractivity contribution >= 4 is 45.0 Å². The number of benzene rings is 2. The van der Waals surface area contributed by atoms with Gasteiger partial charge in [-0.3, -0.25) is 19.3 Å². The van der Waals surface area contributed by atoms with Crippen molar-refractivity contribution in [2.45, 2.75) is 38.3 Å². The van der Waals surface area contributed by atoms with Crippen LogP contribution < -0.4 is 10.2 Å². The molecule has 2 aromatic rings. The number of fused-ring (bicyclic) bond motifs is 7. The van der Waals surface area contributed by atoms with E-state index < -0.39 is 17.4 Å². The summed E-state index contributed by atoms with van der Waals surface area (Å²) in [6.45, 7) is 4.62. The van der Waals surface area contributed by atoms with E-state index in [4.69, 9.17) is 0 Å². The standard InChI is InChI=1S/C24H22BrN3O3/c1-12-5-8-17(13(2)10-12)28-21(29)19-18-4-3-9-27(18)24(20(19)22(28)30)15-11-14(25)6-7-16(15)26-23(24)31/h5-8,10-11,18-20H,3-4,9H2,1-2H3,(H,26,31)/t18-,19+,20-,24+/m0/s1. The number of carbonyl (C=O) groups excluding carboxylic acids is 3. The van der Waals surface area contributed by atoms with Gasteiger partial charge in [0.1, 0.15) is 5.54 Å². The summed E-state index contributed by atoms with van der Waals surface area (Å²) in [6, 6.07) is 11.3. The van der Waals surface area contributed by atoms with Crippen molar-refractivity contribution < 1.29 is 14.4 Å². The van der Waals surface area contributed by atoms with E-state index in [0.717, 1.165) is 39.7 Å². The molecule has 0 saturated carbocycles. The Morgan fingerprint density at radius 3 is 2.65 bits per heavy atom. The number of amides is 3. The topological polar surface area (TPSA) is 69.7 Å². The highest BCUT2D eigenvalue weighted by atomic mass is 79.9. The maximum absolute atomic E-state index is 14.0. The predicted octanol–water partition coefficient (Wildman–Crippen LogP) is 3.50. The van der Waals surface area contributed by atoms with Crippen LogP contribution in [-0.2, 0) is 19.9 Å². The molecular weight excluding hydrogens is 458 g/mol. The summed E-state index contributed by atoms with van der Waals surface area (Å²) >= 11 is 3.53.